The molecule has 2 heterocycles. The van der Waals surface area contributed by atoms with Crippen LogP contribution in [0.15, 0.2) is 28.7 Å². The second-order valence-corrected chi connectivity index (χ2v) is 6.05. The molecule has 2 aromatic heterocycles. The Morgan fingerprint density at radius 3 is 2.53 bits per heavy atom. The number of benzene rings is 1. The van der Waals surface area contributed by atoms with Crippen molar-refractivity contribution in [3.63, 3.8) is 0 Å². The summed E-state index contributed by atoms with van der Waals surface area (Å²) in [5.41, 5.74) is 9.55. The molecule has 0 fully saturated rings. The summed E-state index contributed by atoms with van der Waals surface area (Å²) in [5.74, 6) is -1.41. The molecule has 30 heavy (non-hydrogen) atoms. The third kappa shape index (κ3) is 4.03. The van der Waals surface area contributed by atoms with Crippen LogP contribution in [0.1, 0.15) is 21.9 Å². The summed E-state index contributed by atoms with van der Waals surface area (Å²) < 4.78 is 49.9. The number of aromatic nitrogens is 2. The van der Waals surface area contributed by atoms with E-state index in [-0.39, 0.29) is 46.1 Å². The van der Waals surface area contributed by atoms with E-state index in [9.17, 15) is 22.8 Å². The summed E-state index contributed by atoms with van der Waals surface area (Å²) in [6.07, 6.45) is -4.64. The number of ether oxygens (including phenoxy) is 1. The monoisotopic (exact) mass is 423 g/mol. The summed E-state index contributed by atoms with van der Waals surface area (Å²) in [4.78, 5) is 30.9. The molecular formula is C18H16F3N5O4. The maximum atomic E-state index is 13.1. The van der Waals surface area contributed by atoms with Gasteiger partial charge in [-0.05, 0) is 24.3 Å². The highest BCUT2D eigenvalue weighted by Crippen LogP contribution is 2.36. The Hall–Kier alpha value is -3.67. The predicted octanol–water partition coefficient (Wildman–Crippen LogP) is 1.59. The molecule has 158 valence electrons. The number of nitrogens with zero attached hydrogens (tertiary/aromatic N) is 2. The molecule has 0 aliphatic rings. The number of pyridine rings is 1. The highest BCUT2D eigenvalue weighted by atomic mass is 19.4. The number of primary amides is 1. The number of alkyl halides is 3. The van der Waals surface area contributed by atoms with Gasteiger partial charge in [0.05, 0.1) is 20.2 Å². The van der Waals surface area contributed by atoms with Crippen LogP contribution in [0.2, 0.25) is 0 Å². The number of rotatable bonds is 6. The van der Waals surface area contributed by atoms with Crippen molar-refractivity contribution in [1.82, 2.24) is 15.3 Å². The maximum Gasteiger partial charge on any atom is 0.433 e. The van der Waals surface area contributed by atoms with Gasteiger partial charge in [0.2, 0.25) is 11.8 Å². The van der Waals surface area contributed by atoms with Gasteiger partial charge in [-0.2, -0.15) is 13.2 Å². The first kappa shape index (κ1) is 21.0. The lowest BCUT2D eigenvalue weighted by Crippen LogP contribution is -2.34. The molecule has 0 aliphatic heterocycles. The minimum absolute atomic E-state index is 0.0239. The first-order chi connectivity index (χ1) is 14.2. The van der Waals surface area contributed by atoms with E-state index in [0.29, 0.717) is 0 Å². The van der Waals surface area contributed by atoms with Crippen LogP contribution >= 0.6 is 0 Å². The molecule has 0 saturated carbocycles. The van der Waals surface area contributed by atoms with E-state index in [4.69, 9.17) is 20.6 Å². The molecule has 0 unspecified atom stereocenters. The lowest BCUT2D eigenvalue weighted by molar-refractivity contribution is -0.141. The van der Waals surface area contributed by atoms with Crippen LogP contribution < -0.4 is 21.5 Å². The van der Waals surface area contributed by atoms with Crippen LogP contribution in [0, 0.1) is 0 Å². The standard InChI is InChI=1S/C18H16F3N5O4/c1-29-10-4-2-9(8-3-5-12(18(19,20)21)25-14(8)10)17-26-15(11(6-22)30-17)16(28)24-7-13(23)27/h2-5H,6-7,22H2,1H3,(H2,23,27)(H,24,28). The first-order valence-corrected chi connectivity index (χ1v) is 8.47. The number of carbonyl (C=O) groups is 2. The van der Waals surface area contributed by atoms with Crippen molar-refractivity contribution in [3.8, 4) is 17.2 Å². The third-order valence-corrected chi connectivity index (χ3v) is 4.08. The zero-order valence-electron chi connectivity index (χ0n) is 15.5. The largest absolute Gasteiger partial charge is 0.494 e. The van der Waals surface area contributed by atoms with E-state index < -0.39 is 30.2 Å². The number of oxazole rings is 1. The molecule has 12 heteroatoms. The zero-order chi connectivity index (χ0) is 22.1. The predicted molar refractivity (Wildman–Crippen MR) is 98.2 cm³/mol. The molecule has 3 aromatic rings. The van der Waals surface area contributed by atoms with E-state index in [1.807, 2.05) is 0 Å². The average molecular weight is 423 g/mol. The number of halogens is 3. The summed E-state index contributed by atoms with van der Waals surface area (Å²) >= 11 is 0. The Morgan fingerprint density at radius 1 is 1.20 bits per heavy atom. The van der Waals surface area contributed by atoms with E-state index in [0.717, 1.165) is 6.07 Å². The molecule has 0 radical (unpaired) electrons. The lowest BCUT2D eigenvalue weighted by Gasteiger charge is -2.11. The molecule has 1 aromatic carbocycles. The van der Waals surface area contributed by atoms with Crippen LogP contribution in [0.25, 0.3) is 22.4 Å². The summed E-state index contributed by atoms with van der Waals surface area (Å²) in [5, 5.41) is 2.53. The zero-order valence-corrected chi connectivity index (χ0v) is 15.5. The van der Waals surface area contributed by atoms with Gasteiger partial charge in [0, 0.05) is 10.9 Å². The number of amides is 2. The van der Waals surface area contributed by atoms with Crippen LogP contribution in [-0.2, 0) is 17.5 Å². The Balaban J connectivity index is 2.13. The normalized spacial score (nSPS) is 11.5. The van der Waals surface area contributed by atoms with E-state index in [1.54, 1.807) is 0 Å². The molecule has 0 spiro atoms. The van der Waals surface area contributed by atoms with E-state index in [1.165, 1.54) is 25.3 Å². The molecular weight excluding hydrogens is 407 g/mol. The van der Waals surface area contributed by atoms with Gasteiger partial charge in [0.25, 0.3) is 5.91 Å². The van der Waals surface area contributed by atoms with Crippen molar-refractivity contribution in [2.45, 2.75) is 12.7 Å². The highest BCUT2D eigenvalue weighted by molar-refractivity contribution is 5.98. The second kappa shape index (κ2) is 7.99. The van der Waals surface area contributed by atoms with Gasteiger partial charge in [-0.25, -0.2) is 9.97 Å². The third-order valence-electron chi connectivity index (χ3n) is 4.08. The Morgan fingerprint density at radius 2 is 1.93 bits per heavy atom. The molecule has 3 rings (SSSR count). The fourth-order valence-corrected chi connectivity index (χ4v) is 2.73. The SMILES string of the molecule is COc1ccc(-c2nc(C(=O)NCC(N)=O)c(CN)o2)c2ccc(C(F)(F)F)nc12. The first-order valence-electron chi connectivity index (χ1n) is 8.47. The molecule has 0 bridgehead atoms. The molecule has 0 saturated heterocycles. The van der Waals surface area contributed by atoms with Gasteiger partial charge >= 0.3 is 6.18 Å². The van der Waals surface area contributed by atoms with Crippen LogP contribution in [0.5, 0.6) is 5.75 Å². The van der Waals surface area contributed by atoms with Crippen molar-refractivity contribution < 1.29 is 31.9 Å². The van der Waals surface area contributed by atoms with Crippen LogP contribution in [-0.4, -0.2) is 35.4 Å². The summed E-state index contributed by atoms with van der Waals surface area (Å²) in [6, 6.07) is 4.94. The van der Waals surface area contributed by atoms with Crippen molar-refractivity contribution in [2.75, 3.05) is 13.7 Å². The minimum atomic E-state index is -4.64. The van der Waals surface area contributed by atoms with Gasteiger partial charge in [-0.3, -0.25) is 9.59 Å². The maximum absolute atomic E-state index is 13.1. The van der Waals surface area contributed by atoms with Gasteiger partial charge < -0.3 is 25.9 Å². The Bertz CT molecular complexity index is 1130. The number of hydrogen-bond acceptors (Lipinski definition) is 7. The molecule has 2 amide bonds. The van der Waals surface area contributed by atoms with E-state index >= 15 is 0 Å². The summed E-state index contributed by atoms with van der Waals surface area (Å²) in [7, 11) is 1.30. The van der Waals surface area contributed by atoms with Crippen molar-refractivity contribution in [2.24, 2.45) is 11.5 Å². The molecule has 5 N–H and O–H groups in total. The summed E-state index contributed by atoms with van der Waals surface area (Å²) in [6.45, 7) is -0.600. The topological polar surface area (TPSA) is 146 Å². The average Bonchev–Trinajstić information content (AvgIpc) is 3.14. The Labute approximate surface area is 167 Å². The Kier molecular flexibility index (Phi) is 5.60. The van der Waals surface area contributed by atoms with E-state index in [2.05, 4.69) is 15.3 Å². The number of carbonyl (C=O) groups excluding carboxylic acids is 2. The van der Waals surface area contributed by atoms with Crippen molar-refractivity contribution >= 4 is 22.7 Å². The molecule has 0 aliphatic carbocycles. The molecule has 9 nitrogen and oxygen atoms in total. The van der Waals surface area contributed by atoms with Crippen molar-refractivity contribution in [3.05, 3.63) is 41.4 Å². The molecule has 0 atom stereocenters. The van der Waals surface area contributed by atoms with Gasteiger partial charge in [-0.15, -0.1) is 0 Å². The second-order valence-electron chi connectivity index (χ2n) is 6.05. The fraction of sp³-hybridized carbons (Fsp3) is 0.222. The quantitative estimate of drug-likeness (QED) is 0.546. The van der Waals surface area contributed by atoms with Crippen LogP contribution in [0.3, 0.4) is 0 Å². The number of nitrogens with two attached hydrogens (primary N) is 2. The smallest absolute Gasteiger partial charge is 0.433 e. The highest BCUT2D eigenvalue weighted by Gasteiger charge is 2.33. The number of nitrogens with one attached hydrogen (secondary N) is 1. The van der Waals surface area contributed by atoms with Gasteiger partial charge in [0.1, 0.15) is 17.0 Å². The lowest BCUT2D eigenvalue weighted by atomic mass is 10.1. The number of hydrogen-bond donors (Lipinski definition) is 3. The minimum Gasteiger partial charge on any atom is -0.494 e. The van der Waals surface area contributed by atoms with Gasteiger partial charge in [0.15, 0.2) is 11.5 Å². The van der Waals surface area contributed by atoms with Crippen LogP contribution in [0.4, 0.5) is 13.2 Å². The van der Waals surface area contributed by atoms with Crippen molar-refractivity contribution in [1.29, 1.82) is 0 Å². The fourth-order valence-electron chi connectivity index (χ4n) is 2.73. The van der Waals surface area contributed by atoms with Gasteiger partial charge in [-0.1, -0.05) is 0 Å². The number of fused-ring (bicyclic) bond motifs is 1. The number of methoxy groups -OCH3 is 1.